The van der Waals surface area contributed by atoms with Crippen LogP contribution in [0.25, 0.3) is 5.76 Å². The summed E-state index contributed by atoms with van der Waals surface area (Å²) in [4.78, 5) is 45.7. The van der Waals surface area contributed by atoms with Crippen LogP contribution >= 0.6 is 0 Å². The minimum absolute atomic E-state index is 0.156. The van der Waals surface area contributed by atoms with Crippen LogP contribution in [-0.2, 0) is 19.9 Å². The molecule has 2 aliphatic heterocycles. The number of nitrogens with zero attached hydrogens (tertiary/aromatic N) is 3. The molecule has 2 amide bonds. The lowest BCUT2D eigenvalue weighted by molar-refractivity contribution is -0.143. The van der Waals surface area contributed by atoms with Gasteiger partial charge in [0.15, 0.2) is 5.54 Å². The van der Waals surface area contributed by atoms with E-state index in [0.717, 1.165) is 12.1 Å². The zero-order valence-electron chi connectivity index (χ0n) is 19.5. The Morgan fingerprint density at radius 2 is 1.71 bits per heavy atom. The standard InChI is InChI=1S/C26H28FN3O4/c1-4-14-29-20-9-6-5-8-19(20)26(25(29)34)21(22(31)17-10-12-18(27)13-11-17)23(32)24(33)30(26)16-7-15-28(2)3/h5-6,8-13,31H,4,7,14-16H2,1-3H3/t26-/m0/s1. The van der Waals surface area contributed by atoms with Crippen molar-refractivity contribution < 1.29 is 23.9 Å². The molecule has 0 saturated carbocycles. The first-order valence-corrected chi connectivity index (χ1v) is 11.4. The van der Waals surface area contributed by atoms with Crippen LogP contribution in [0, 0.1) is 5.82 Å². The summed E-state index contributed by atoms with van der Waals surface area (Å²) in [6.45, 7) is 3.14. The van der Waals surface area contributed by atoms with Crippen molar-refractivity contribution in [1.82, 2.24) is 9.80 Å². The highest BCUT2D eigenvalue weighted by atomic mass is 19.1. The summed E-state index contributed by atoms with van der Waals surface area (Å²) < 4.78 is 13.5. The van der Waals surface area contributed by atoms with Gasteiger partial charge in [-0.25, -0.2) is 4.39 Å². The number of aliphatic hydroxyl groups excluding tert-OH is 1. The Balaban J connectivity index is 1.99. The second kappa shape index (κ2) is 9.02. The summed E-state index contributed by atoms with van der Waals surface area (Å²) in [6.07, 6.45) is 1.20. The number of hydrogen-bond acceptors (Lipinski definition) is 5. The molecule has 34 heavy (non-hydrogen) atoms. The molecule has 1 saturated heterocycles. The van der Waals surface area contributed by atoms with Crippen molar-refractivity contribution in [3.8, 4) is 0 Å². The highest BCUT2D eigenvalue weighted by molar-refractivity contribution is 6.50. The predicted octanol–water partition coefficient (Wildman–Crippen LogP) is 3.11. The molecule has 2 aliphatic rings. The summed E-state index contributed by atoms with van der Waals surface area (Å²) in [5.41, 5.74) is -0.790. The van der Waals surface area contributed by atoms with Crippen molar-refractivity contribution in [2.75, 3.05) is 38.6 Å². The Bertz CT molecular complexity index is 1170. The van der Waals surface area contributed by atoms with Gasteiger partial charge in [0.05, 0.1) is 11.3 Å². The molecule has 0 radical (unpaired) electrons. The van der Waals surface area contributed by atoms with Crippen molar-refractivity contribution in [3.05, 3.63) is 71.0 Å². The minimum Gasteiger partial charge on any atom is -0.507 e. The van der Waals surface area contributed by atoms with Gasteiger partial charge in [0.1, 0.15) is 11.6 Å². The Hall–Kier alpha value is -3.52. The summed E-state index contributed by atoms with van der Waals surface area (Å²) in [7, 11) is 3.80. The van der Waals surface area contributed by atoms with E-state index in [4.69, 9.17) is 0 Å². The van der Waals surface area contributed by atoms with Crippen LogP contribution in [0.3, 0.4) is 0 Å². The third kappa shape index (κ3) is 3.49. The van der Waals surface area contributed by atoms with Crippen LogP contribution < -0.4 is 4.90 Å². The number of benzene rings is 2. The second-order valence-corrected chi connectivity index (χ2v) is 8.86. The average molecular weight is 466 g/mol. The van der Waals surface area contributed by atoms with Crippen molar-refractivity contribution >= 4 is 29.0 Å². The van der Waals surface area contributed by atoms with Crippen LogP contribution in [-0.4, -0.2) is 66.2 Å². The van der Waals surface area contributed by atoms with Gasteiger partial charge in [-0.1, -0.05) is 25.1 Å². The van der Waals surface area contributed by atoms with Crippen LogP contribution in [0.2, 0.25) is 0 Å². The third-order valence-corrected chi connectivity index (χ3v) is 6.36. The van der Waals surface area contributed by atoms with Crippen LogP contribution in [0.5, 0.6) is 0 Å². The molecular weight excluding hydrogens is 437 g/mol. The fourth-order valence-electron chi connectivity index (χ4n) is 4.91. The van der Waals surface area contributed by atoms with Gasteiger partial charge in [-0.3, -0.25) is 14.4 Å². The molecule has 1 spiro atoms. The fraction of sp³-hybridized carbons (Fsp3) is 0.346. The summed E-state index contributed by atoms with van der Waals surface area (Å²) in [5.74, 6) is -3.19. The Morgan fingerprint density at radius 3 is 2.35 bits per heavy atom. The number of fused-ring (bicyclic) bond motifs is 2. The quantitative estimate of drug-likeness (QED) is 0.386. The maximum absolute atomic E-state index is 14.1. The number of rotatable bonds is 7. The monoisotopic (exact) mass is 465 g/mol. The van der Waals surface area contributed by atoms with E-state index in [1.807, 2.05) is 25.9 Å². The van der Waals surface area contributed by atoms with E-state index in [1.165, 1.54) is 17.0 Å². The molecule has 2 heterocycles. The molecule has 0 aromatic heterocycles. The fourth-order valence-corrected chi connectivity index (χ4v) is 4.91. The van der Waals surface area contributed by atoms with E-state index in [9.17, 15) is 23.9 Å². The Morgan fingerprint density at radius 1 is 1.03 bits per heavy atom. The van der Waals surface area contributed by atoms with Gasteiger partial charge in [0.2, 0.25) is 0 Å². The predicted molar refractivity (Wildman–Crippen MR) is 127 cm³/mol. The number of amides is 2. The number of likely N-dealkylation sites (tertiary alicyclic amines) is 1. The van der Waals surface area contributed by atoms with E-state index in [1.54, 1.807) is 29.2 Å². The van der Waals surface area contributed by atoms with Crippen LogP contribution in [0.4, 0.5) is 10.1 Å². The number of hydrogen-bond donors (Lipinski definition) is 1. The van der Waals surface area contributed by atoms with Gasteiger partial charge in [-0.15, -0.1) is 0 Å². The highest BCUT2D eigenvalue weighted by Crippen LogP contribution is 2.53. The van der Waals surface area contributed by atoms with Gasteiger partial charge in [-0.05, 0) is 63.8 Å². The third-order valence-electron chi connectivity index (χ3n) is 6.36. The van der Waals surface area contributed by atoms with Crippen LogP contribution in [0.15, 0.2) is 54.1 Å². The van der Waals surface area contributed by atoms with Gasteiger partial charge in [-0.2, -0.15) is 0 Å². The molecule has 2 aromatic carbocycles. The number of carbonyl (C=O) groups is 3. The maximum Gasteiger partial charge on any atom is 0.296 e. The molecule has 7 nitrogen and oxygen atoms in total. The van der Waals surface area contributed by atoms with Crippen LogP contribution in [0.1, 0.15) is 30.9 Å². The number of para-hydroxylation sites is 1. The lowest BCUT2D eigenvalue weighted by Crippen LogP contribution is -2.52. The molecule has 2 aromatic rings. The van der Waals surface area contributed by atoms with E-state index in [-0.39, 0.29) is 17.7 Å². The number of carbonyl (C=O) groups excluding carboxylic acids is 3. The molecule has 1 fully saturated rings. The smallest absolute Gasteiger partial charge is 0.296 e. The van der Waals surface area contributed by atoms with Gasteiger partial charge < -0.3 is 19.8 Å². The molecule has 0 bridgehead atoms. The van der Waals surface area contributed by atoms with Crippen molar-refractivity contribution in [1.29, 1.82) is 0 Å². The van der Waals surface area contributed by atoms with Gasteiger partial charge in [0, 0.05) is 24.2 Å². The number of aliphatic hydroxyl groups is 1. The highest BCUT2D eigenvalue weighted by Gasteiger charge is 2.66. The summed E-state index contributed by atoms with van der Waals surface area (Å²) >= 11 is 0. The molecule has 1 atom stereocenters. The number of Topliss-reactive ketones (excluding diaryl/α,β-unsaturated/α-hetero) is 1. The number of ketones is 1. The minimum atomic E-state index is -1.77. The number of anilines is 1. The van der Waals surface area contributed by atoms with Crippen molar-refractivity contribution in [3.63, 3.8) is 0 Å². The topological polar surface area (TPSA) is 81.2 Å². The van der Waals surface area contributed by atoms with E-state index >= 15 is 0 Å². The van der Waals surface area contributed by atoms with E-state index in [2.05, 4.69) is 0 Å². The first kappa shape index (κ1) is 23.6. The zero-order valence-corrected chi connectivity index (χ0v) is 19.5. The lowest BCUT2D eigenvalue weighted by Gasteiger charge is -2.34. The molecular formula is C26H28FN3O4. The van der Waals surface area contributed by atoms with Gasteiger partial charge in [0.25, 0.3) is 17.6 Å². The van der Waals surface area contributed by atoms with Crippen molar-refractivity contribution in [2.45, 2.75) is 25.3 Å². The first-order valence-electron chi connectivity index (χ1n) is 11.4. The molecule has 178 valence electrons. The molecule has 4 rings (SSSR count). The lowest BCUT2D eigenvalue weighted by atomic mass is 9.82. The largest absolute Gasteiger partial charge is 0.507 e. The normalized spacial score (nSPS) is 21.3. The summed E-state index contributed by atoms with van der Waals surface area (Å²) in [6, 6.07) is 12.0. The number of halogens is 1. The second-order valence-electron chi connectivity index (χ2n) is 8.86. The summed E-state index contributed by atoms with van der Waals surface area (Å²) in [5, 5.41) is 11.3. The molecule has 0 aliphatic carbocycles. The zero-order chi connectivity index (χ0) is 24.6. The SMILES string of the molecule is CCCN1C(=O)[C@@]2(C(=C(O)c3ccc(F)cc3)C(=O)C(=O)N2CCCN(C)C)c2ccccc21. The van der Waals surface area contributed by atoms with Gasteiger partial charge >= 0.3 is 0 Å². The average Bonchev–Trinajstić information content (AvgIpc) is 3.18. The Labute approximate surface area is 198 Å². The molecule has 8 heteroatoms. The maximum atomic E-state index is 14.1. The first-order chi connectivity index (χ1) is 16.2. The molecule has 1 N–H and O–H groups in total. The van der Waals surface area contributed by atoms with Crippen molar-refractivity contribution in [2.24, 2.45) is 0 Å². The Kier molecular flexibility index (Phi) is 6.27. The molecule has 0 unspecified atom stereocenters. The van der Waals surface area contributed by atoms with E-state index in [0.29, 0.717) is 37.2 Å². The van der Waals surface area contributed by atoms with E-state index < -0.39 is 34.7 Å².